The molecule has 0 aliphatic carbocycles. The van der Waals surface area contributed by atoms with E-state index in [1.54, 1.807) is 10.9 Å². The van der Waals surface area contributed by atoms with Crippen LogP contribution in [0.4, 0.5) is 0 Å². The van der Waals surface area contributed by atoms with E-state index in [4.69, 9.17) is 14.9 Å². The first-order valence-electron chi connectivity index (χ1n) is 5.02. The lowest BCUT2D eigenvalue weighted by atomic mass is 10.2. The minimum atomic E-state index is -0.846. The zero-order valence-corrected chi connectivity index (χ0v) is 8.87. The summed E-state index contributed by atoms with van der Waals surface area (Å²) in [4.78, 5) is 10.3. The smallest absolute Gasteiger partial charge is 0.303 e. The lowest BCUT2D eigenvalue weighted by molar-refractivity contribution is -0.136. The quantitative estimate of drug-likeness (QED) is 0.572. The Labute approximate surface area is 92.6 Å². The normalized spacial score (nSPS) is 10.6. The maximum atomic E-state index is 10.3. The van der Waals surface area contributed by atoms with Crippen molar-refractivity contribution in [2.24, 2.45) is 0 Å². The molecule has 0 aliphatic heterocycles. The summed E-state index contributed by atoms with van der Waals surface area (Å²) in [7, 11) is 0. The summed E-state index contributed by atoms with van der Waals surface area (Å²) in [5.41, 5.74) is 0.657. The van der Waals surface area contributed by atoms with Crippen LogP contribution in [0.15, 0.2) is 6.20 Å². The number of aliphatic carboxylic acids is 1. The lowest BCUT2D eigenvalue weighted by Crippen LogP contribution is -2.08. The van der Waals surface area contributed by atoms with Crippen LogP contribution in [0.3, 0.4) is 0 Å². The maximum absolute atomic E-state index is 10.3. The molecular formula is C9H15N3O4. The molecule has 0 radical (unpaired) electrons. The Kier molecular flexibility index (Phi) is 5.44. The van der Waals surface area contributed by atoms with Crippen molar-refractivity contribution in [3.8, 4) is 0 Å². The fraction of sp³-hybridized carbons (Fsp3) is 0.667. The fourth-order valence-corrected chi connectivity index (χ4v) is 1.12. The van der Waals surface area contributed by atoms with E-state index in [0.717, 1.165) is 0 Å². The van der Waals surface area contributed by atoms with E-state index in [1.165, 1.54) is 0 Å². The number of ether oxygens (including phenoxy) is 1. The molecule has 7 heteroatoms. The molecule has 0 unspecified atom stereocenters. The highest BCUT2D eigenvalue weighted by molar-refractivity contribution is 5.66. The van der Waals surface area contributed by atoms with Gasteiger partial charge in [-0.05, 0) is 0 Å². The van der Waals surface area contributed by atoms with Gasteiger partial charge in [0.25, 0.3) is 0 Å². The second kappa shape index (κ2) is 6.91. The van der Waals surface area contributed by atoms with Crippen molar-refractivity contribution in [3.05, 3.63) is 11.9 Å². The summed E-state index contributed by atoms with van der Waals surface area (Å²) >= 11 is 0. The van der Waals surface area contributed by atoms with Crippen molar-refractivity contribution in [1.82, 2.24) is 15.0 Å². The number of carboxylic acids is 1. The molecule has 0 spiro atoms. The monoisotopic (exact) mass is 229 g/mol. The second-order valence-electron chi connectivity index (χ2n) is 3.20. The molecule has 1 rings (SSSR count). The molecular weight excluding hydrogens is 214 g/mol. The van der Waals surface area contributed by atoms with Gasteiger partial charge in [0.15, 0.2) is 0 Å². The van der Waals surface area contributed by atoms with Gasteiger partial charge < -0.3 is 14.9 Å². The van der Waals surface area contributed by atoms with E-state index in [2.05, 4.69) is 10.3 Å². The van der Waals surface area contributed by atoms with Gasteiger partial charge in [0.05, 0.1) is 38.5 Å². The number of hydrogen-bond donors (Lipinski definition) is 2. The minimum Gasteiger partial charge on any atom is -0.481 e. The summed E-state index contributed by atoms with van der Waals surface area (Å²) in [5.74, 6) is -0.846. The fourth-order valence-electron chi connectivity index (χ4n) is 1.12. The number of hydrogen-bond acceptors (Lipinski definition) is 5. The van der Waals surface area contributed by atoms with Gasteiger partial charge in [-0.3, -0.25) is 4.79 Å². The molecule has 0 amide bonds. The van der Waals surface area contributed by atoms with Crippen molar-refractivity contribution in [1.29, 1.82) is 0 Å². The van der Waals surface area contributed by atoms with Gasteiger partial charge in [-0.15, -0.1) is 5.10 Å². The highest BCUT2D eigenvalue weighted by atomic mass is 16.5. The Morgan fingerprint density at radius 2 is 2.31 bits per heavy atom. The molecule has 16 heavy (non-hydrogen) atoms. The Morgan fingerprint density at radius 3 is 3.00 bits per heavy atom. The second-order valence-corrected chi connectivity index (χ2v) is 3.20. The Bertz CT molecular complexity index is 326. The molecule has 90 valence electrons. The van der Waals surface area contributed by atoms with Crippen LogP contribution < -0.4 is 0 Å². The lowest BCUT2D eigenvalue weighted by Gasteiger charge is -2.00. The largest absolute Gasteiger partial charge is 0.481 e. The summed E-state index contributed by atoms with van der Waals surface area (Å²) in [5, 5.41) is 24.6. The minimum absolute atomic E-state index is 0.00121. The number of aromatic nitrogens is 3. The van der Waals surface area contributed by atoms with Gasteiger partial charge in [0.1, 0.15) is 0 Å². The van der Waals surface area contributed by atoms with E-state index in [0.29, 0.717) is 31.9 Å². The molecule has 0 saturated carbocycles. The SMILES string of the molecule is O=C(O)CCc1cn(CCOCCO)nn1. The summed E-state index contributed by atoms with van der Waals surface area (Å²) in [6, 6.07) is 0. The van der Waals surface area contributed by atoms with Crippen molar-refractivity contribution in [2.75, 3.05) is 19.8 Å². The molecule has 1 aromatic rings. The predicted octanol–water partition coefficient (Wildman–Crippen LogP) is -0.696. The van der Waals surface area contributed by atoms with E-state index in [-0.39, 0.29) is 13.0 Å². The van der Waals surface area contributed by atoms with Crippen molar-refractivity contribution in [3.63, 3.8) is 0 Å². The predicted molar refractivity (Wildman–Crippen MR) is 53.9 cm³/mol. The highest BCUT2D eigenvalue weighted by Gasteiger charge is 2.03. The van der Waals surface area contributed by atoms with Gasteiger partial charge in [0.2, 0.25) is 0 Å². The van der Waals surface area contributed by atoms with Crippen LogP contribution >= 0.6 is 0 Å². The molecule has 0 saturated heterocycles. The molecule has 0 bridgehead atoms. The number of aliphatic hydroxyl groups is 1. The van der Waals surface area contributed by atoms with E-state index >= 15 is 0 Å². The van der Waals surface area contributed by atoms with Gasteiger partial charge in [0, 0.05) is 12.6 Å². The van der Waals surface area contributed by atoms with Gasteiger partial charge in [-0.1, -0.05) is 5.21 Å². The summed E-state index contributed by atoms with van der Waals surface area (Å²) < 4.78 is 6.65. The number of carbonyl (C=O) groups is 1. The number of aryl methyl sites for hydroxylation is 1. The van der Waals surface area contributed by atoms with E-state index in [9.17, 15) is 4.79 Å². The van der Waals surface area contributed by atoms with Crippen LogP contribution in [0, 0.1) is 0 Å². The first-order chi connectivity index (χ1) is 7.72. The molecule has 1 aromatic heterocycles. The third-order valence-corrected chi connectivity index (χ3v) is 1.88. The first-order valence-corrected chi connectivity index (χ1v) is 5.02. The van der Waals surface area contributed by atoms with Gasteiger partial charge in [-0.25, -0.2) is 4.68 Å². The third kappa shape index (κ3) is 4.85. The summed E-state index contributed by atoms with van der Waals surface area (Å²) in [6.07, 6.45) is 2.14. The first kappa shape index (κ1) is 12.6. The van der Waals surface area contributed by atoms with Crippen molar-refractivity contribution >= 4 is 5.97 Å². The standard InChI is InChI=1S/C9H15N3O4/c13-4-6-16-5-3-12-7-8(10-11-12)1-2-9(14)15/h7,13H,1-6H2,(H,14,15). The Morgan fingerprint density at radius 1 is 1.50 bits per heavy atom. The molecule has 2 N–H and O–H groups in total. The topological polar surface area (TPSA) is 97.5 Å². The molecule has 1 heterocycles. The van der Waals surface area contributed by atoms with Crippen LogP contribution in [0.1, 0.15) is 12.1 Å². The number of rotatable bonds is 8. The summed E-state index contributed by atoms with van der Waals surface area (Å²) in [6.45, 7) is 1.30. The highest BCUT2D eigenvalue weighted by Crippen LogP contribution is 1.98. The van der Waals surface area contributed by atoms with Crippen LogP contribution in [0.25, 0.3) is 0 Å². The van der Waals surface area contributed by atoms with E-state index < -0.39 is 5.97 Å². The Hall–Kier alpha value is -1.47. The maximum Gasteiger partial charge on any atom is 0.303 e. The molecule has 0 aliphatic rings. The third-order valence-electron chi connectivity index (χ3n) is 1.88. The average Bonchev–Trinajstić information content (AvgIpc) is 2.70. The van der Waals surface area contributed by atoms with Gasteiger partial charge >= 0.3 is 5.97 Å². The molecule has 7 nitrogen and oxygen atoms in total. The number of nitrogens with zero attached hydrogens (tertiary/aromatic N) is 3. The number of carboxylic acid groups (broad SMARTS) is 1. The van der Waals surface area contributed by atoms with E-state index in [1.807, 2.05) is 0 Å². The average molecular weight is 229 g/mol. The van der Waals surface area contributed by atoms with Crippen LogP contribution in [0.5, 0.6) is 0 Å². The van der Waals surface area contributed by atoms with Gasteiger partial charge in [-0.2, -0.15) is 0 Å². The zero-order chi connectivity index (χ0) is 11.8. The molecule has 0 atom stereocenters. The molecule has 0 fully saturated rings. The van der Waals surface area contributed by atoms with Crippen molar-refractivity contribution in [2.45, 2.75) is 19.4 Å². The number of aliphatic hydroxyl groups excluding tert-OH is 1. The molecule has 0 aromatic carbocycles. The Balaban J connectivity index is 2.25. The van der Waals surface area contributed by atoms with Crippen LogP contribution in [-0.4, -0.2) is 51.0 Å². The van der Waals surface area contributed by atoms with Crippen molar-refractivity contribution < 1.29 is 19.7 Å². The zero-order valence-electron chi connectivity index (χ0n) is 8.87. The van der Waals surface area contributed by atoms with Crippen LogP contribution in [-0.2, 0) is 22.5 Å². The van der Waals surface area contributed by atoms with Crippen LogP contribution in [0.2, 0.25) is 0 Å².